The summed E-state index contributed by atoms with van der Waals surface area (Å²) < 4.78 is 9.08. The summed E-state index contributed by atoms with van der Waals surface area (Å²) in [5, 5.41) is 4.53. The van der Waals surface area contributed by atoms with Crippen LogP contribution >= 0.6 is 0 Å². The molecule has 11 rings (SSSR count). The maximum absolute atomic E-state index is 6.73. The van der Waals surface area contributed by atoms with Crippen LogP contribution in [0.5, 0.6) is 0 Å². The van der Waals surface area contributed by atoms with E-state index in [1.807, 2.05) is 72.8 Å². The fraction of sp³-hybridized carbons (Fsp3) is 0. The van der Waals surface area contributed by atoms with Gasteiger partial charge in [0.25, 0.3) is 0 Å². The van der Waals surface area contributed by atoms with Gasteiger partial charge in [-0.25, -0.2) is 15.0 Å². The average Bonchev–Trinajstić information content (AvgIpc) is 3.83. The molecule has 0 bridgehead atoms. The smallest absolute Gasteiger partial charge is 0.167 e. The maximum Gasteiger partial charge on any atom is 0.167 e. The van der Waals surface area contributed by atoms with Gasteiger partial charge in [-0.05, 0) is 70.8 Å². The molecular weight excluding hydrogens is 685 g/mol. The minimum absolute atomic E-state index is 0.565. The molecule has 56 heavy (non-hydrogen) atoms. The van der Waals surface area contributed by atoms with Gasteiger partial charge in [0, 0.05) is 38.4 Å². The SMILES string of the molecule is c1ccc(-c2nc(-c3ccccc3)nc(-c3cccc4c3oc3cccc(-c5cccc(-c6ccc7c(c6)c6ccccc6n7-c6ccccc6)c5)c34)n2)cc1. The zero-order chi connectivity index (χ0) is 37.0. The lowest BCUT2D eigenvalue weighted by Crippen LogP contribution is -2.00. The molecule has 11 aromatic rings. The third-order valence-electron chi connectivity index (χ3n) is 10.7. The molecule has 0 radical (unpaired) electrons. The second-order valence-electron chi connectivity index (χ2n) is 14.0. The maximum atomic E-state index is 6.73. The van der Waals surface area contributed by atoms with E-state index < -0.39 is 0 Å². The van der Waals surface area contributed by atoms with Gasteiger partial charge in [-0.15, -0.1) is 0 Å². The monoisotopic (exact) mass is 716 g/mol. The van der Waals surface area contributed by atoms with Crippen LogP contribution in [0.1, 0.15) is 0 Å². The molecular formula is C51H32N4O. The van der Waals surface area contributed by atoms with Crippen molar-refractivity contribution in [2.45, 2.75) is 0 Å². The zero-order valence-electron chi connectivity index (χ0n) is 30.2. The fourth-order valence-corrected chi connectivity index (χ4v) is 8.07. The molecule has 0 aliphatic carbocycles. The second kappa shape index (κ2) is 13.0. The Balaban J connectivity index is 1.05. The van der Waals surface area contributed by atoms with Gasteiger partial charge in [0.05, 0.1) is 16.6 Å². The first kappa shape index (κ1) is 31.9. The summed E-state index contributed by atoms with van der Waals surface area (Å²) in [6.07, 6.45) is 0. The van der Waals surface area contributed by atoms with Crippen molar-refractivity contribution in [2.24, 2.45) is 0 Å². The van der Waals surface area contributed by atoms with E-state index in [4.69, 9.17) is 19.4 Å². The van der Waals surface area contributed by atoms with Gasteiger partial charge >= 0.3 is 0 Å². The Morgan fingerprint density at radius 3 is 1.68 bits per heavy atom. The quantitative estimate of drug-likeness (QED) is 0.172. The molecule has 3 heterocycles. The molecule has 0 amide bonds. The third kappa shape index (κ3) is 5.29. The van der Waals surface area contributed by atoms with E-state index in [9.17, 15) is 0 Å². The van der Waals surface area contributed by atoms with Gasteiger partial charge in [0.15, 0.2) is 17.5 Å². The highest BCUT2D eigenvalue weighted by Crippen LogP contribution is 2.42. The van der Waals surface area contributed by atoms with E-state index >= 15 is 0 Å². The number of aromatic nitrogens is 4. The molecule has 0 saturated carbocycles. The molecule has 8 aromatic carbocycles. The molecule has 3 aromatic heterocycles. The van der Waals surface area contributed by atoms with E-state index in [0.29, 0.717) is 17.5 Å². The predicted octanol–water partition coefficient (Wildman–Crippen LogP) is 13.2. The summed E-state index contributed by atoms with van der Waals surface area (Å²) in [6, 6.07) is 67.5. The number of fused-ring (bicyclic) bond motifs is 6. The van der Waals surface area contributed by atoms with Crippen LogP contribution in [0.4, 0.5) is 0 Å². The molecule has 262 valence electrons. The number of rotatable bonds is 6. The summed E-state index contributed by atoms with van der Waals surface area (Å²) in [5.41, 5.74) is 12.3. The summed E-state index contributed by atoms with van der Waals surface area (Å²) in [7, 11) is 0. The molecule has 0 spiro atoms. The Morgan fingerprint density at radius 1 is 0.357 bits per heavy atom. The molecule has 0 atom stereocenters. The average molecular weight is 717 g/mol. The lowest BCUT2D eigenvalue weighted by Gasteiger charge is -2.10. The van der Waals surface area contributed by atoms with Gasteiger partial charge in [-0.1, -0.05) is 146 Å². The Morgan fingerprint density at radius 2 is 0.911 bits per heavy atom. The summed E-state index contributed by atoms with van der Waals surface area (Å²) >= 11 is 0. The van der Waals surface area contributed by atoms with Gasteiger partial charge in [0.2, 0.25) is 0 Å². The fourth-order valence-electron chi connectivity index (χ4n) is 8.07. The number of furan rings is 1. The first-order valence-corrected chi connectivity index (χ1v) is 18.8. The van der Waals surface area contributed by atoms with Gasteiger partial charge in [0.1, 0.15) is 11.2 Å². The summed E-state index contributed by atoms with van der Waals surface area (Å²) in [6.45, 7) is 0. The Labute approximate surface area is 322 Å². The van der Waals surface area contributed by atoms with Crippen LogP contribution < -0.4 is 0 Å². The van der Waals surface area contributed by atoms with Crippen LogP contribution in [0.2, 0.25) is 0 Å². The number of para-hydroxylation sites is 3. The predicted molar refractivity (Wildman–Crippen MR) is 229 cm³/mol. The number of hydrogen-bond acceptors (Lipinski definition) is 4. The molecule has 0 N–H and O–H groups in total. The van der Waals surface area contributed by atoms with Crippen molar-refractivity contribution < 1.29 is 4.42 Å². The molecule has 0 aliphatic rings. The normalized spacial score (nSPS) is 11.6. The van der Waals surface area contributed by atoms with Crippen molar-refractivity contribution in [3.05, 3.63) is 194 Å². The largest absolute Gasteiger partial charge is 0.455 e. The standard InChI is InChI=1S/C51H32N4O/c1-4-15-33(16-5-1)49-52-50(34-17-6-2-7-18-34)54-51(53-49)42-26-13-25-41-47-39(24-14-28-46(47)56-48(41)42)37-20-12-19-35(31-37)36-29-30-45-43(32-36)40-23-10-11-27-44(40)55(45)38-21-8-3-9-22-38/h1-32H. The van der Waals surface area contributed by atoms with Crippen molar-refractivity contribution in [1.82, 2.24) is 19.5 Å². The first-order valence-electron chi connectivity index (χ1n) is 18.8. The van der Waals surface area contributed by atoms with Gasteiger partial charge in [-0.2, -0.15) is 0 Å². The van der Waals surface area contributed by atoms with Crippen LogP contribution in [0, 0.1) is 0 Å². The lowest BCUT2D eigenvalue weighted by molar-refractivity contribution is 0.669. The topological polar surface area (TPSA) is 56.7 Å². The van der Waals surface area contributed by atoms with Crippen molar-refractivity contribution >= 4 is 43.7 Å². The molecule has 0 unspecified atom stereocenters. The minimum Gasteiger partial charge on any atom is -0.455 e. The minimum atomic E-state index is 0.565. The molecule has 0 fully saturated rings. The second-order valence-corrected chi connectivity index (χ2v) is 14.0. The van der Waals surface area contributed by atoms with Crippen LogP contribution in [0.3, 0.4) is 0 Å². The number of hydrogen-bond donors (Lipinski definition) is 0. The number of benzene rings is 8. The highest BCUT2D eigenvalue weighted by Gasteiger charge is 2.20. The van der Waals surface area contributed by atoms with Crippen molar-refractivity contribution in [3.63, 3.8) is 0 Å². The molecule has 0 aliphatic heterocycles. The molecule has 5 nitrogen and oxygen atoms in total. The Kier molecular flexibility index (Phi) is 7.42. The van der Waals surface area contributed by atoms with E-state index in [1.54, 1.807) is 0 Å². The van der Waals surface area contributed by atoms with Crippen molar-refractivity contribution in [3.8, 4) is 62.1 Å². The van der Waals surface area contributed by atoms with Crippen LogP contribution in [-0.4, -0.2) is 19.5 Å². The van der Waals surface area contributed by atoms with Crippen molar-refractivity contribution in [2.75, 3.05) is 0 Å². The van der Waals surface area contributed by atoms with Crippen molar-refractivity contribution in [1.29, 1.82) is 0 Å². The highest BCUT2D eigenvalue weighted by molar-refractivity contribution is 6.15. The van der Waals surface area contributed by atoms with E-state index in [-0.39, 0.29) is 0 Å². The van der Waals surface area contributed by atoms with Crippen LogP contribution in [0.15, 0.2) is 199 Å². The van der Waals surface area contributed by atoms with E-state index in [2.05, 4.69) is 126 Å². The van der Waals surface area contributed by atoms with Crippen LogP contribution in [0.25, 0.3) is 106 Å². The Bertz CT molecular complexity index is 3180. The third-order valence-corrected chi connectivity index (χ3v) is 10.7. The number of nitrogens with zero attached hydrogens (tertiary/aromatic N) is 4. The first-order chi connectivity index (χ1) is 27.8. The highest BCUT2D eigenvalue weighted by atomic mass is 16.3. The molecule has 0 saturated heterocycles. The van der Waals surface area contributed by atoms with Gasteiger partial charge in [-0.3, -0.25) is 0 Å². The Hall–Kier alpha value is -7.63. The summed E-state index contributed by atoms with van der Waals surface area (Å²) in [5.74, 6) is 1.79. The van der Waals surface area contributed by atoms with E-state index in [1.165, 1.54) is 27.4 Å². The van der Waals surface area contributed by atoms with E-state index in [0.717, 1.165) is 61.0 Å². The van der Waals surface area contributed by atoms with Crippen LogP contribution in [-0.2, 0) is 0 Å². The lowest BCUT2D eigenvalue weighted by atomic mass is 9.95. The van der Waals surface area contributed by atoms with Gasteiger partial charge < -0.3 is 8.98 Å². The summed E-state index contributed by atoms with van der Waals surface area (Å²) in [4.78, 5) is 14.9. The molecule has 5 heteroatoms. The zero-order valence-corrected chi connectivity index (χ0v) is 30.2.